The highest BCUT2D eigenvalue weighted by molar-refractivity contribution is 5.75. The molecule has 0 bridgehead atoms. The van der Waals surface area contributed by atoms with Crippen molar-refractivity contribution < 1.29 is 9.53 Å². The summed E-state index contributed by atoms with van der Waals surface area (Å²) in [5.74, 6) is 3.33. The second-order valence-electron chi connectivity index (χ2n) is 7.93. The molecule has 1 aromatic carbocycles. The summed E-state index contributed by atoms with van der Waals surface area (Å²) in [5, 5.41) is 0. The van der Waals surface area contributed by atoms with Crippen LogP contribution in [0.15, 0.2) is 30.3 Å². The molecule has 1 unspecified atom stereocenters. The normalized spacial score (nSPS) is 37.7. The van der Waals surface area contributed by atoms with Gasteiger partial charge in [-0.25, -0.2) is 0 Å². The van der Waals surface area contributed by atoms with Gasteiger partial charge in [0.1, 0.15) is 6.10 Å². The van der Waals surface area contributed by atoms with Gasteiger partial charge in [-0.05, 0) is 80.6 Å². The maximum atomic E-state index is 11.0. The van der Waals surface area contributed by atoms with Gasteiger partial charge in [0.2, 0.25) is 0 Å². The van der Waals surface area contributed by atoms with Crippen molar-refractivity contribution in [3.05, 3.63) is 35.9 Å². The van der Waals surface area contributed by atoms with E-state index >= 15 is 0 Å². The highest BCUT2D eigenvalue weighted by Crippen LogP contribution is 2.45. The molecule has 23 heavy (non-hydrogen) atoms. The molecule has 0 N–H and O–H groups in total. The van der Waals surface area contributed by atoms with Crippen LogP contribution in [0.25, 0.3) is 0 Å². The Morgan fingerprint density at radius 1 is 0.739 bits per heavy atom. The predicted octanol–water partition coefficient (Wildman–Crippen LogP) is 5.08. The van der Waals surface area contributed by atoms with Crippen LogP contribution in [-0.4, -0.2) is 12.1 Å². The van der Waals surface area contributed by atoms with Crippen molar-refractivity contribution in [2.45, 2.75) is 69.8 Å². The first-order valence-electron chi connectivity index (χ1n) is 9.54. The Hall–Kier alpha value is -1.31. The molecule has 0 amide bonds. The minimum atomic E-state index is 0.0105. The zero-order valence-electron chi connectivity index (χ0n) is 14.0. The van der Waals surface area contributed by atoms with E-state index in [4.69, 9.17) is 4.74 Å². The van der Waals surface area contributed by atoms with Crippen LogP contribution < -0.4 is 0 Å². The molecule has 2 saturated carbocycles. The minimum Gasteiger partial charge on any atom is -0.461 e. The summed E-state index contributed by atoms with van der Waals surface area (Å²) in [6.07, 6.45) is 11.8. The lowest BCUT2D eigenvalue weighted by Crippen LogP contribution is -2.41. The lowest BCUT2D eigenvalue weighted by atomic mass is 9.67. The van der Waals surface area contributed by atoms with Crippen molar-refractivity contribution >= 4 is 5.97 Å². The molecule has 4 rings (SSSR count). The SMILES string of the molecule is O=C1CC(C2CCC(C3CCC(c4ccccc4)CC3)CC2)O1. The maximum Gasteiger partial charge on any atom is 0.309 e. The number of hydrogen-bond donors (Lipinski definition) is 0. The topological polar surface area (TPSA) is 26.3 Å². The lowest BCUT2D eigenvalue weighted by Gasteiger charge is -2.41. The number of esters is 1. The second kappa shape index (κ2) is 6.67. The molecule has 1 aliphatic heterocycles. The molecular weight excluding hydrogens is 284 g/mol. The van der Waals surface area contributed by atoms with Crippen LogP contribution >= 0.6 is 0 Å². The van der Waals surface area contributed by atoms with Gasteiger partial charge < -0.3 is 4.74 Å². The van der Waals surface area contributed by atoms with Crippen molar-refractivity contribution in [2.24, 2.45) is 17.8 Å². The van der Waals surface area contributed by atoms with Crippen molar-refractivity contribution in [1.82, 2.24) is 0 Å². The van der Waals surface area contributed by atoms with E-state index in [1.807, 2.05) is 0 Å². The number of carbonyl (C=O) groups is 1. The van der Waals surface area contributed by atoms with Crippen molar-refractivity contribution in [3.8, 4) is 0 Å². The third kappa shape index (κ3) is 3.32. The third-order valence-corrected chi connectivity index (χ3v) is 6.70. The van der Waals surface area contributed by atoms with E-state index in [9.17, 15) is 4.79 Å². The summed E-state index contributed by atoms with van der Waals surface area (Å²) in [7, 11) is 0. The molecule has 3 fully saturated rings. The van der Waals surface area contributed by atoms with Crippen LogP contribution in [0.4, 0.5) is 0 Å². The number of rotatable bonds is 3. The molecule has 0 aromatic heterocycles. The average molecular weight is 312 g/mol. The van der Waals surface area contributed by atoms with Crippen molar-refractivity contribution in [1.29, 1.82) is 0 Å². The van der Waals surface area contributed by atoms with E-state index in [1.165, 1.54) is 51.4 Å². The molecule has 124 valence electrons. The van der Waals surface area contributed by atoms with Gasteiger partial charge in [-0.3, -0.25) is 4.79 Å². The average Bonchev–Trinajstić information content (AvgIpc) is 2.60. The molecule has 0 spiro atoms. The van der Waals surface area contributed by atoms with Crippen molar-refractivity contribution in [2.75, 3.05) is 0 Å². The summed E-state index contributed by atoms with van der Waals surface area (Å²) in [5.41, 5.74) is 1.54. The first kappa shape index (κ1) is 15.2. The largest absolute Gasteiger partial charge is 0.461 e. The van der Waals surface area contributed by atoms with Gasteiger partial charge in [0.05, 0.1) is 6.42 Å². The summed E-state index contributed by atoms with van der Waals surface area (Å²) < 4.78 is 5.28. The molecule has 2 nitrogen and oxygen atoms in total. The van der Waals surface area contributed by atoms with E-state index in [0.717, 1.165) is 17.8 Å². The van der Waals surface area contributed by atoms with Crippen LogP contribution in [0.5, 0.6) is 0 Å². The van der Waals surface area contributed by atoms with Crippen LogP contribution in [0, 0.1) is 17.8 Å². The number of ether oxygens (including phenoxy) is 1. The Morgan fingerprint density at radius 3 is 1.83 bits per heavy atom. The molecule has 1 aromatic rings. The molecule has 1 saturated heterocycles. The van der Waals surface area contributed by atoms with Crippen LogP contribution in [0.3, 0.4) is 0 Å². The lowest BCUT2D eigenvalue weighted by molar-refractivity contribution is -0.176. The Kier molecular flexibility index (Phi) is 4.41. The van der Waals surface area contributed by atoms with E-state index in [1.54, 1.807) is 5.56 Å². The molecule has 2 heteroatoms. The molecule has 0 radical (unpaired) electrons. The van der Waals surface area contributed by atoms with Gasteiger partial charge in [0.25, 0.3) is 0 Å². The summed E-state index contributed by atoms with van der Waals surface area (Å²) in [6, 6.07) is 11.1. The van der Waals surface area contributed by atoms with Crippen LogP contribution in [0.1, 0.15) is 69.3 Å². The number of hydrogen-bond acceptors (Lipinski definition) is 2. The fourth-order valence-corrected chi connectivity index (χ4v) is 5.22. The predicted molar refractivity (Wildman–Crippen MR) is 91.1 cm³/mol. The maximum absolute atomic E-state index is 11.0. The van der Waals surface area contributed by atoms with Crippen LogP contribution in [-0.2, 0) is 9.53 Å². The molecule has 1 heterocycles. The molecular formula is C21H28O2. The van der Waals surface area contributed by atoms with E-state index in [2.05, 4.69) is 30.3 Å². The molecule has 1 atom stereocenters. The Morgan fingerprint density at radius 2 is 1.26 bits per heavy atom. The standard InChI is InChI=1S/C21H28O2/c22-21-14-20(23-21)19-12-10-18(11-13-19)17-8-6-16(7-9-17)15-4-2-1-3-5-15/h1-5,16-20H,6-14H2. The van der Waals surface area contributed by atoms with Crippen LogP contribution in [0.2, 0.25) is 0 Å². The van der Waals surface area contributed by atoms with Gasteiger partial charge in [-0.15, -0.1) is 0 Å². The van der Waals surface area contributed by atoms with Gasteiger partial charge >= 0.3 is 5.97 Å². The van der Waals surface area contributed by atoms with Gasteiger partial charge in [-0.2, -0.15) is 0 Å². The second-order valence-corrected chi connectivity index (χ2v) is 7.93. The van der Waals surface area contributed by atoms with Gasteiger partial charge in [0.15, 0.2) is 0 Å². The van der Waals surface area contributed by atoms with E-state index in [0.29, 0.717) is 12.3 Å². The fraction of sp³-hybridized carbons (Fsp3) is 0.667. The fourth-order valence-electron chi connectivity index (χ4n) is 5.22. The third-order valence-electron chi connectivity index (χ3n) is 6.70. The summed E-state index contributed by atoms with van der Waals surface area (Å²) >= 11 is 0. The summed E-state index contributed by atoms with van der Waals surface area (Å²) in [4.78, 5) is 11.0. The highest BCUT2D eigenvalue weighted by atomic mass is 16.6. The number of carbonyl (C=O) groups excluding carboxylic acids is 1. The van der Waals surface area contributed by atoms with E-state index < -0.39 is 0 Å². The van der Waals surface area contributed by atoms with E-state index in [-0.39, 0.29) is 12.1 Å². The quantitative estimate of drug-likeness (QED) is 0.727. The summed E-state index contributed by atoms with van der Waals surface area (Å²) in [6.45, 7) is 0. The Balaban J connectivity index is 1.24. The smallest absolute Gasteiger partial charge is 0.309 e. The molecule has 2 aliphatic carbocycles. The van der Waals surface area contributed by atoms with Crippen molar-refractivity contribution in [3.63, 3.8) is 0 Å². The minimum absolute atomic E-state index is 0.0105. The Bertz CT molecular complexity index is 514. The van der Waals surface area contributed by atoms with Gasteiger partial charge in [-0.1, -0.05) is 30.3 Å². The Labute approximate surface area is 139 Å². The first-order valence-corrected chi connectivity index (χ1v) is 9.54. The zero-order chi connectivity index (χ0) is 15.6. The highest BCUT2D eigenvalue weighted by Gasteiger charge is 2.39. The number of cyclic esters (lactones) is 1. The zero-order valence-corrected chi connectivity index (χ0v) is 14.0. The van der Waals surface area contributed by atoms with Gasteiger partial charge in [0, 0.05) is 0 Å². The number of benzene rings is 1. The molecule has 3 aliphatic rings. The first-order chi connectivity index (χ1) is 11.3. The monoisotopic (exact) mass is 312 g/mol.